The quantitative estimate of drug-likeness (QED) is 0.480. The Morgan fingerprint density at radius 3 is 2.65 bits per heavy atom. The van der Waals surface area contributed by atoms with Gasteiger partial charge in [0.15, 0.2) is 0 Å². The van der Waals surface area contributed by atoms with E-state index < -0.39 is 18.6 Å². The van der Waals surface area contributed by atoms with E-state index in [0.717, 1.165) is 0 Å². The number of ether oxygens (including phenoxy) is 1. The third-order valence-electron chi connectivity index (χ3n) is 2.67. The van der Waals surface area contributed by atoms with Crippen molar-refractivity contribution in [3.63, 3.8) is 0 Å². The van der Waals surface area contributed by atoms with E-state index in [4.69, 9.17) is 5.73 Å². The number of carbonyl (C=O) groups is 1. The maximum atomic E-state index is 11.9. The molecular formula is C13H17F3N2O2. The third kappa shape index (κ3) is 5.38. The van der Waals surface area contributed by atoms with Gasteiger partial charge in [-0.3, -0.25) is 0 Å². The van der Waals surface area contributed by atoms with Crippen molar-refractivity contribution >= 4 is 17.3 Å². The number of unbranched alkanes of at least 4 members (excludes halogenated alkanes) is 1. The monoisotopic (exact) mass is 290 g/mol. The van der Waals surface area contributed by atoms with Gasteiger partial charge in [-0.1, -0.05) is 0 Å². The Balaban J connectivity index is 2.47. The first-order valence-electron chi connectivity index (χ1n) is 6.12. The molecule has 0 saturated carbocycles. The van der Waals surface area contributed by atoms with Gasteiger partial charge in [0, 0.05) is 24.3 Å². The van der Waals surface area contributed by atoms with Crippen LogP contribution in [0, 0.1) is 0 Å². The van der Waals surface area contributed by atoms with E-state index in [-0.39, 0.29) is 12.0 Å². The fraction of sp³-hybridized carbons (Fsp3) is 0.462. The summed E-state index contributed by atoms with van der Waals surface area (Å²) in [7, 11) is 1.25. The van der Waals surface area contributed by atoms with E-state index in [0.29, 0.717) is 24.3 Å². The minimum Gasteiger partial charge on any atom is -0.465 e. The Bertz CT molecular complexity index is 461. The molecule has 7 heteroatoms. The molecule has 0 aliphatic carbocycles. The smallest absolute Gasteiger partial charge is 0.389 e. The molecule has 0 amide bonds. The molecule has 0 bridgehead atoms. The number of hydrogen-bond donors (Lipinski definition) is 2. The molecule has 0 unspecified atom stereocenters. The van der Waals surface area contributed by atoms with Crippen LogP contribution < -0.4 is 11.1 Å². The van der Waals surface area contributed by atoms with Gasteiger partial charge in [-0.2, -0.15) is 13.2 Å². The van der Waals surface area contributed by atoms with Crippen LogP contribution in [-0.2, 0) is 4.74 Å². The van der Waals surface area contributed by atoms with Gasteiger partial charge in [0.25, 0.3) is 0 Å². The maximum absolute atomic E-state index is 11.9. The van der Waals surface area contributed by atoms with Gasteiger partial charge in [0.05, 0.1) is 12.7 Å². The van der Waals surface area contributed by atoms with Gasteiger partial charge in [-0.15, -0.1) is 0 Å². The zero-order chi connectivity index (χ0) is 15.2. The van der Waals surface area contributed by atoms with Crippen LogP contribution in [0.4, 0.5) is 24.5 Å². The number of nitrogens with two attached hydrogens (primary N) is 1. The molecule has 0 heterocycles. The SMILES string of the molecule is COC(=O)c1cc(NCCCCC(F)(F)F)ccc1N. The van der Waals surface area contributed by atoms with Gasteiger partial charge >= 0.3 is 12.1 Å². The lowest BCUT2D eigenvalue weighted by Gasteiger charge is -2.10. The summed E-state index contributed by atoms with van der Waals surface area (Å²) in [5, 5.41) is 2.95. The standard InChI is InChI=1S/C13H17F3N2O2/c1-20-12(19)10-8-9(4-5-11(10)17)18-7-3-2-6-13(14,15)16/h4-5,8,18H,2-3,6-7,17H2,1H3. The lowest BCUT2D eigenvalue weighted by Crippen LogP contribution is -2.10. The first-order chi connectivity index (χ1) is 9.33. The molecule has 20 heavy (non-hydrogen) atoms. The normalized spacial score (nSPS) is 11.2. The summed E-state index contributed by atoms with van der Waals surface area (Å²) >= 11 is 0. The minimum absolute atomic E-state index is 0.0648. The van der Waals surface area contributed by atoms with Crippen molar-refractivity contribution in [3.8, 4) is 0 Å². The van der Waals surface area contributed by atoms with Crippen molar-refractivity contribution in [1.82, 2.24) is 0 Å². The van der Waals surface area contributed by atoms with Crippen molar-refractivity contribution in [1.29, 1.82) is 0 Å². The summed E-state index contributed by atoms with van der Waals surface area (Å²) in [6.07, 6.45) is -4.45. The molecule has 0 aliphatic rings. The number of benzene rings is 1. The van der Waals surface area contributed by atoms with Crippen LogP contribution in [0.3, 0.4) is 0 Å². The van der Waals surface area contributed by atoms with Crippen molar-refractivity contribution in [2.45, 2.75) is 25.4 Å². The Hall–Kier alpha value is -1.92. The Morgan fingerprint density at radius 1 is 1.35 bits per heavy atom. The van der Waals surface area contributed by atoms with E-state index in [1.54, 1.807) is 12.1 Å². The van der Waals surface area contributed by atoms with Gasteiger partial charge in [-0.05, 0) is 31.0 Å². The molecule has 0 aliphatic heterocycles. The predicted octanol–water partition coefficient (Wildman–Crippen LogP) is 3.20. The number of halogens is 3. The van der Waals surface area contributed by atoms with Gasteiger partial charge in [0.1, 0.15) is 0 Å². The Morgan fingerprint density at radius 2 is 2.05 bits per heavy atom. The first kappa shape index (κ1) is 16.1. The van der Waals surface area contributed by atoms with E-state index >= 15 is 0 Å². The zero-order valence-electron chi connectivity index (χ0n) is 11.1. The van der Waals surface area contributed by atoms with Crippen LogP contribution in [0.15, 0.2) is 18.2 Å². The predicted molar refractivity (Wildman–Crippen MR) is 70.6 cm³/mol. The Kier molecular flexibility index (Phi) is 5.66. The molecule has 3 N–H and O–H groups in total. The molecule has 0 saturated heterocycles. The molecule has 0 radical (unpaired) electrons. The summed E-state index contributed by atoms with van der Waals surface area (Å²) in [6, 6.07) is 4.72. The molecule has 4 nitrogen and oxygen atoms in total. The molecule has 1 aromatic rings. The molecular weight excluding hydrogens is 273 g/mol. The molecule has 0 aromatic heterocycles. The van der Waals surface area contributed by atoms with Crippen molar-refractivity contribution in [3.05, 3.63) is 23.8 Å². The highest BCUT2D eigenvalue weighted by Crippen LogP contribution is 2.22. The van der Waals surface area contributed by atoms with Crippen LogP contribution in [-0.4, -0.2) is 25.8 Å². The van der Waals surface area contributed by atoms with Crippen LogP contribution >= 0.6 is 0 Å². The van der Waals surface area contributed by atoms with E-state index in [1.165, 1.54) is 13.2 Å². The lowest BCUT2D eigenvalue weighted by atomic mass is 10.1. The largest absolute Gasteiger partial charge is 0.465 e. The second kappa shape index (κ2) is 7.02. The number of hydrogen-bond acceptors (Lipinski definition) is 4. The molecule has 0 fully saturated rings. The van der Waals surface area contributed by atoms with Crippen LogP contribution in [0.5, 0.6) is 0 Å². The molecule has 0 spiro atoms. The summed E-state index contributed by atoms with van der Waals surface area (Å²) in [5.41, 5.74) is 6.77. The lowest BCUT2D eigenvalue weighted by molar-refractivity contribution is -0.135. The summed E-state index contributed by atoms with van der Waals surface area (Å²) < 4.78 is 40.4. The number of nitrogens with one attached hydrogen (secondary N) is 1. The molecule has 1 aromatic carbocycles. The van der Waals surface area contributed by atoms with Gasteiger partial charge in [0.2, 0.25) is 0 Å². The zero-order valence-corrected chi connectivity index (χ0v) is 11.1. The van der Waals surface area contributed by atoms with Gasteiger partial charge < -0.3 is 15.8 Å². The van der Waals surface area contributed by atoms with E-state index in [1.807, 2.05) is 0 Å². The molecule has 0 atom stereocenters. The summed E-state index contributed by atoms with van der Waals surface area (Å²) in [6.45, 7) is 0.389. The number of rotatable bonds is 6. The number of carbonyl (C=O) groups excluding carboxylic acids is 1. The average molecular weight is 290 g/mol. The average Bonchev–Trinajstić information content (AvgIpc) is 2.38. The topological polar surface area (TPSA) is 64.3 Å². The van der Waals surface area contributed by atoms with Crippen molar-refractivity contribution in [2.75, 3.05) is 24.7 Å². The van der Waals surface area contributed by atoms with E-state index in [9.17, 15) is 18.0 Å². The third-order valence-corrected chi connectivity index (χ3v) is 2.67. The second-order valence-electron chi connectivity index (χ2n) is 4.29. The van der Waals surface area contributed by atoms with Crippen LogP contribution in [0.1, 0.15) is 29.6 Å². The minimum atomic E-state index is -4.11. The second-order valence-corrected chi connectivity index (χ2v) is 4.29. The fourth-order valence-corrected chi connectivity index (χ4v) is 1.64. The fourth-order valence-electron chi connectivity index (χ4n) is 1.64. The highest BCUT2D eigenvalue weighted by Gasteiger charge is 2.25. The van der Waals surface area contributed by atoms with E-state index in [2.05, 4.69) is 10.1 Å². The summed E-state index contributed by atoms with van der Waals surface area (Å²) in [4.78, 5) is 11.4. The Labute approximate surface area is 115 Å². The number of methoxy groups -OCH3 is 1. The van der Waals surface area contributed by atoms with Crippen LogP contribution in [0.25, 0.3) is 0 Å². The number of alkyl halides is 3. The maximum Gasteiger partial charge on any atom is 0.389 e. The highest BCUT2D eigenvalue weighted by atomic mass is 19.4. The molecule has 1 rings (SSSR count). The van der Waals surface area contributed by atoms with Crippen molar-refractivity contribution in [2.24, 2.45) is 0 Å². The number of esters is 1. The first-order valence-corrected chi connectivity index (χ1v) is 6.12. The van der Waals surface area contributed by atoms with Crippen LogP contribution in [0.2, 0.25) is 0 Å². The van der Waals surface area contributed by atoms with Gasteiger partial charge in [-0.25, -0.2) is 4.79 Å². The molecule has 112 valence electrons. The highest BCUT2D eigenvalue weighted by molar-refractivity contribution is 5.96. The van der Waals surface area contributed by atoms with Crippen molar-refractivity contribution < 1.29 is 22.7 Å². The summed E-state index contributed by atoms with van der Waals surface area (Å²) in [5.74, 6) is -0.553. The number of anilines is 2. The number of nitrogen functional groups attached to an aromatic ring is 1.